The lowest BCUT2D eigenvalue weighted by Gasteiger charge is -2.19. The molecule has 0 unspecified atom stereocenters. The molecule has 2 aromatic rings. The van der Waals surface area contributed by atoms with Crippen molar-refractivity contribution in [1.82, 2.24) is 0 Å². The smallest absolute Gasteiger partial charge is 0.320 e. The molecule has 0 bridgehead atoms. The second-order valence-corrected chi connectivity index (χ2v) is 6.10. The maximum Gasteiger partial charge on any atom is 0.320 e. The van der Waals surface area contributed by atoms with Crippen molar-refractivity contribution >= 4 is 11.9 Å². The van der Waals surface area contributed by atoms with E-state index in [0.29, 0.717) is 23.1 Å². The second-order valence-electron chi connectivity index (χ2n) is 6.10. The third-order valence-corrected chi connectivity index (χ3v) is 4.58. The fourth-order valence-corrected chi connectivity index (χ4v) is 3.25. The van der Waals surface area contributed by atoms with Crippen molar-refractivity contribution in [3.63, 3.8) is 0 Å². The number of ether oxygens (including phenoxy) is 2. The molecule has 2 aromatic carbocycles. The summed E-state index contributed by atoms with van der Waals surface area (Å²) < 4.78 is 9.41. The molecule has 0 radical (unpaired) electrons. The Hall–Kier alpha value is -3.02. The summed E-state index contributed by atoms with van der Waals surface area (Å²) in [5.74, 6) is -2.50. The summed E-state index contributed by atoms with van der Waals surface area (Å²) in [6.45, 7) is 1.89. The van der Waals surface area contributed by atoms with Crippen LogP contribution in [0.25, 0.3) is 11.1 Å². The van der Waals surface area contributed by atoms with Crippen LogP contribution in [0, 0.1) is 5.92 Å². The molecule has 144 valence electrons. The van der Waals surface area contributed by atoms with E-state index in [1.54, 1.807) is 0 Å². The summed E-state index contributed by atoms with van der Waals surface area (Å²) in [6, 6.07) is 10.6. The highest BCUT2D eigenvalue weighted by Crippen LogP contribution is 2.40. The third kappa shape index (κ3) is 4.39. The fraction of sp³-hybridized carbons (Fsp3) is 0.333. The van der Waals surface area contributed by atoms with E-state index in [2.05, 4.69) is 0 Å². The van der Waals surface area contributed by atoms with Crippen molar-refractivity contribution in [3.8, 4) is 22.6 Å². The van der Waals surface area contributed by atoms with Gasteiger partial charge in [-0.3, -0.25) is 9.59 Å². The number of aromatic hydroxyl groups is 2. The second kappa shape index (κ2) is 9.07. The van der Waals surface area contributed by atoms with E-state index in [4.69, 9.17) is 9.47 Å². The Labute approximate surface area is 158 Å². The number of benzene rings is 2. The van der Waals surface area contributed by atoms with Crippen LogP contribution in [0.3, 0.4) is 0 Å². The highest BCUT2D eigenvalue weighted by atomic mass is 16.5. The van der Waals surface area contributed by atoms with Crippen LogP contribution in [0.5, 0.6) is 11.5 Å². The summed E-state index contributed by atoms with van der Waals surface area (Å²) in [4.78, 5) is 23.9. The van der Waals surface area contributed by atoms with Crippen LogP contribution in [0.2, 0.25) is 0 Å². The van der Waals surface area contributed by atoms with Gasteiger partial charge in [0.2, 0.25) is 0 Å². The monoisotopic (exact) mass is 372 g/mol. The number of carbonyl (C=O) groups excluding carboxylic acids is 2. The van der Waals surface area contributed by atoms with Gasteiger partial charge < -0.3 is 19.7 Å². The molecule has 0 spiro atoms. The van der Waals surface area contributed by atoms with E-state index in [9.17, 15) is 19.8 Å². The topological polar surface area (TPSA) is 93.1 Å². The van der Waals surface area contributed by atoms with Crippen LogP contribution in [-0.2, 0) is 31.9 Å². The Kier molecular flexibility index (Phi) is 6.82. The Morgan fingerprint density at radius 2 is 1.56 bits per heavy atom. The summed E-state index contributed by atoms with van der Waals surface area (Å²) in [5.41, 5.74) is 2.73. The van der Waals surface area contributed by atoms with E-state index >= 15 is 0 Å². The highest BCUT2D eigenvalue weighted by molar-refractivity contribution is 5.94. The van der Waals surface area contributed by atoms with Gasteiger partial charge in [0.25, 0.3) is 0 Å². The minimum Gasteiger partial charge on any atom is -0.508 e. The highest BCUT2D eigenvalue weighted by Gasteiger charge is 2.29. The van der Waals surface area contributed by atoms with Gasteiger partial charge in [-0.05, 0) is 36.0 Å². The first-order chi connectivity index (χ1) is 12.9. The van der Waals surface area contributed by atoms with Crippen molar-refractivity contribution in [2.24, 2.45) is 5.92 Å². The Bertz CT molecular complexity index is 797. The van der Waals surface area contributed by atoms with Crippen LogP contribution >= 0.6 is 0 Å². The maximum absolute atomic E-state index is 12.0. The molecule has 0 aliphatic carbocycles. The van der Waals surface area contributed by atoms with Crippen LogP contribution < -0.4 is 0 Å². The number of methoxy groups -OCH3 is 2. The van der Waals surface area contributed by atoms with Gasteiger partial charge >= 0.3 is 11.9 Å². The van der Waals surface area contributed by atoms with E-state index in [0.717, 1.165) is 5.56 Å². The Morgan fingerprint density at radius 1 is 0.963 bits per heavy atom. The van der Waals surface area contributed by atoms with E-state index in [1.807, 2.05) is 37.3 Å². The molecule has 27 heavy (non-hydrogen) atoms. The molecule has 0 fully saturated rings. The van der Waals surface area contributed by atoms with E-state index in [1.165, 1.54) is 20.3 Å². The van der Waals surface area contributed by atoms with Gasteiger partial charge in [0, 0.05) is 11.6 Å². The molecular formula is C21H24O6. The molecule has 0 aliphatic rings. The van der Waals surface area contributed by atoms with Crippen LogP contribution in [-0.4, -0.2) is 36.4 Å². The number of hydrogen-bond acceptors (Lipinski definition) is 6. The van der Waals surface area contributed by atoms with Crippen LogP contribution in [0.4, 0.5) is 0 Å². The minimum absolute atomic E-state index is 0.0163. The number of esters is 2. The predicted octanol–water partition coefficient (Wildman–Crippen LogP) is 3.22. The average Bonchev–Trinajstić information content (AvgIpc) is 2.68. The first kappa shape index (κ1) is 20.3. The molecule has 0 atom stereocenters. The van der Waals surface area contributed by atoms with Crippen LogP contribution in [0.1, 0.15) is 24.5 Å². The lowest BCUT2D eigenvalue weighted by atomic mass is 9.87. The third-order valence-electron chi connectivity index (χ3n) is 4.58. The molecule has 0 amide bonds. The molecule has 0 aliphatic heterocycles. The molecule has 2 rings (SSSR count). The summed E-state index contributed by atoms with van der Waals surface area (Å²) in [5, 5.41) is 20.8. The molecule has 0 saturated heterocycles. The molecule has 0 heterocycles. The van der Waals surface area contributed by atoms with Gasteiger partial charge in [0.05, 0.1) is 14.2 Å². The predicted molar refractivity (Wildman–Crippen MR) is 100 cm³/mol. The normalized spacial score (nSPS) is 10.7. The molecule has 6 heteroatoms. The van der Waals surface area contributed by atoms with Gasteiger partial charge in [0.1, 0.15) is 11.5 Å². The number of hydrogen-bond donors (Lipinski definition) is 2. The average molecular weight is 372 g/mol. The summed E-state index contributed by atoms with van der Waals surface area (Å²) >= 11 is 0. The fourth-order valence-electron chi connectivity index (χ4n) is 3.25. The molecule has 0 aromatic heterocycles. The van der Waals surface area contributed by atoms with Crippen LogP contribution in [0.15, 0.2) is 36.4 Å². The zero-order chi connectivity index (χ0) is 20.0. The number of carbonyl (C=O) groups is 2. The first-order valence-electron chi connectivity index (χ1n) is 8.72. The van der Waals surface area contributed by atoms with Gasteiger partial charge in [-0.25, -0.2) is 0 Å². The summed E-state index contributed by atoms with van der Waals surface area (Å²) in [6.07, 6.45) is 0.946. The van der Waals surface area contributed by atoms with Gasteiger partial charge in [-0.1, -0.05) is 37.3 Å². The van der Waals surface area contributed by atoms with Crippen molar-refractivity contribution in [1.29, 1.82) is 0 Å². The van der Waals surface area contributed by atoms with Crippen molar-refractivity contribution in [3.05, 3.63) is 47.5 Å². The van der Waals surface area contributed by atoms with Gasteiger partial charge in [-0.15, -0.1) is 0 Å². The lowest BCUT2D eigenvalue weighted by molar-refractivity contribution is -0.159. The Morgan fingerprint density at radius 3 is 2.07 bits per heavy atom. The summed E-state index contributed by atoms with van der Waals surface area (Å²) in [7, 11) is 2.43. The van der Waals surface area contributed by atoms with Gasteiger partial charge in [0.15, 0.2) is 5.92 Å². The van der Waals surface area contributed by atoms with Crippen molar-refractivity contribution < 1.29 is 29.3 Å². The largest absolute Gasteiger partial charge is 0.508 e. The molecule has 2 N–H and O–H groups in total. The number of rotatable bonds is 7. The zero-order valence-electron chi connectivity index (χ0n) is 15.7. The quantitative estimate of drug-likeness (QED) is 0.573. The zero-order valence-corrected chi connectivity index (χ0v) is 15.7. The first-order valence-corrected chi connectivity index (χ1v) is 8.72. The SMILES string of the molecule is CCc1c(O)cc(O)c(-c2ccccc2)c1CCC(C(=O)OC)C(=O)OC. The lowest BCUT2D eigenvalue weighted by Crippen LogP contribution is -2.27. The maximum atomic E-state index is 12.0. The van der Waals surface area contributed by atoms with E-state index in [-0.39, 0.29) is 24.3 Å². The number of phenolic OH excluding ortho intramolecular Hbond substituents is 2. The number of phenols is 2. The molecular weight excluding hydrogens is 348 g/mol. The molecule has 6 nitrogen and oxygen atoms in total. The Balaban J connectivity index is 2.51. The van der Waals surface area contributed by atoms with Gasteiger partial charge in [-0.2, -0.15) is 0 Å². The van der Waals surface area contributed by atoms with E-state index < -0.39 is 17.9 Å². The van der Waals surface area contributed by atoms with Crippen molar-refractivity contribution in [2.75, 3.05) is 14.2 Å². The van der Waals surface area contributed by atoms with Crippen molar-refractivity contribution in [2.45, 2.75) is 26.2 Å². The standard InChI is InChI=1S/C21H24O6/c1-4-14-15(10-11-16(20(24)26-2)21(25)27-3)19(18(23)12-17(14)22)13-8-6-5-7-9-13/h5-9,12,16,22-23H,4,10-11H2,1-3H3. The molecule has 0 saturated carbocycles. The minimum atomic E-state index is -1.07.